The Kier molecular flexibility index (Phi) is 7.39. The van der Waals surface area contributed by atoms with Gasteiger partial charge in [0.1, 0.15) is 5.01 Å². The molecule has 1 N–H and O–H groups in total. The maximum absolute atomic E-state index is 4.45. The summed E-state index contributed by atoms with van der Waals surface area (Å²) >= 11 is 1.79. The number of hydrogen-bond donors (Lipinski definition) is 1. The molecule has 1 aromatic heterocycles. The lowest BCUT2D eigenvalue weighted by atomic mass is 9.87. The van der Waals surface area contributed by atoms with Gasteiger partial charge < -0.3 is 10.2 Å². The maximum Gasteiger partial charge on any atom is 0.194 e. The normalized spacial score (nSPS) is 22.3. The van der Waals surface area contributed by atoms with Crippen LogP contribution in [0.1, 0.15) is 43.5 Å². The molecule has 1 fully saturated rings. The van der Waals surface area contributed by atoms with Crippen molar-refractivity contribution in [2.45, 2.75) is 46.6 Å². The fourth-order valence-electron chi connectivity index (χ4n) is 2.57. The summed E-state index contributed by atoms with van der Waals surface area (Å²) < 4.78 is 0. The summed E-state index contributed by atoms with van der Waals surface area (Å²) in [5, 5.41) is 4.59. The molecule has 1 aliphatic rings. The summed E-state index contributed by atoms with van der Waals surface area (Å²) in [7, 11) is 1.86. The second kappa shape index (κ2) is 8.31. The zero-order valence-electron chi connectivity index (χ0n) is 13.5. The van der Waals surface area contributed by atoms with Gasteiger partial charge >= 0.3 is 0 Å². The minimum Gasteiger partial charge on any atom is -0.350 e. The predicted octanol–water partition coefficient (Wildman–Crippen LogP) is 3.52. The Morgan fingerprint density at radius 1 is 1.52 bits per heavy atom. The SMILES string of the molecule is CCc1cnc(CNC(=NC)N2CCC(C)(CC)C2)s1.I. The molecular weight excluding hydrogens is 395 g/mol. The smallest absolute Gasteiger partial charge is 0.194 e. The van der Waals surface area contributed by atoms with Gasteiger partial charge in [0.05, 0.1) is 6.54 Å². The molecule has 2 rings (SSSR count). The van der Waals surface area contributed by atoms with Crippen LogP contribution < -0.4 is 5.32 Å². The quantitative estimate of drug-likeness (QED) is 0.459. The Morgan fingerprint density at radius 2 is 2.29 bits per heavy atom. The van der Waals surface area contributed by atoms with Gasteiger partial charge in [0.2, 0.25) is 0 Å². The molecule has 0 radical (unpaired) electrons. The molecule has 1 aliphatic heterocycles. The number of aryl methyl sites for hydroxylation is 1. The summed E-state index contributed by atoms with van der Waals surface area (Å²) in [6, 6.07) is 0. The fourth-order valence-corrected chi connectivity index (χ4v) is 3.38. The number of thiazole rings is 1. The van der Waals surface area contributed by atoms with Gasteiger partial charge in [0.25, 0.3) is 0 Å². The molecule has 0 aliphatic carbocycles. The summed E-state index contributed by atoms with van der Waals surface area (Å²) in [5.74, 6) is 1.01. The Hall–Kier alpha value is -0.370. The molecule has 0 amide bonds. The van der Waals surface area contributed by atoms with Gasteiger partial charge in [-0.1, -0.05) is 20.8 Å². The largest absolute Gasteiger partial charge is 0.350 e. The van der Waals surface area contributed by atoms with E-state index in [0.29, 0.717) is 5.41 Å². The lowest BCUT2D eigenvalue weighted by molar-refractivity contribution is 0.322. The topological polar surface area (TPSA) is 40.5 Å². The average Bonchev–Trinajstić information content (AvgIpc) is 3.07. The van der Waals surface area contributed by atoms with Crippen molar-refractivity contribution in [1.29, 1.82) is 0 Å². The number of rotatable bonds is 4. The van der Waals surface area contributed by atoms with E-state index in [4.69, 9.17) is 0 Å². The van der Waals surface area contributed by atoms with E-state index in [9.17, 15) is 0 Å². The average molecular weight is 422 g/mol. The molecule has 0 bridgehead atoms. The molecule has 4 nitrogen and oxygen atoms in total. The van der Waals surface area contributed by atoms with E-state index in [1.165, 1.54) is 17.7 Å². The van der Waals surface area contributed by atoms with E-state index in [0.717, 1.165) is 37.0 Å². The maximum atomic E-state index is 4.45. The summed E-state index contributed by atoms with van der Waals surface area (Å²) in [6.45, 7) is 9.79. The zero-order chi connectivity index (χ0) is 14.6. The number of aromatic nitrogens is 1. The van der Waals surface area contributed by atoms with Gasteiger partial charge in [-0.05, 0) is 24.7 Å². The second-order valence-corrected chi connectivity index (χ2v) is 7.01. The highest BCUT2D eigenvalue weighted by atomic mass is 127. The number of halogens is 1. The van der Waals surface area contributed by atoms with E-state index in [1.54, 1.807) is 11.3 Å². The first kappa shape index (κ1) is 18.7. The van der Waals surface area contributed by atoms with Crippen LogP contribution in [0.3, 0.4) is 0 Å². The number of likely N-dealkylation sites (tertiary alicyclic amines) is 1. The van der Waals surface area contributed by atoms with Gasteiger partial charge in [0, 0.05) is 31.2 Å². The van der Waals surface area contributed by atoms with Gasteiger partial charge in [-0.2, -0.15) is 0 Å². The fraction of sp³-hybridized carbons (Fsp3) is 0.733. The van der Waals surface area contributed by atoms with Gasteiger partial charge in [0.15, 0.2) is 5.96 Å². The molecule has 1 aromatic rings. The van der Waals surface area contributed by atoms with Gasteiger partial charge in [-0.3, -0.25) is 4.99 Å². The third-order valence-corrected chi connectivity index (χ3v) is 5.41. The van der Waals surface area contributed by atoms with Crippen LogP contribution >= 0.6 is 35.3 Å². The van der Waals surface area contributed by atoms with Crippen molar-refractivity contribution >= 4 is 41.3 Å². The molecule has 1 saturated heterocycles. The van der Waals surface area contributed by atoms with Crippen molar-refractivity contribution < 1.29 is 0 Å². The highest BCUT2D eigenvalue weighted by molar-refractivity contribution is 14.0. The molecule has 21 heavy (non-hydrogen) atoms. The van der Waals surface area contributed by atoms with Crippen LogP contribution in [0, 0.1) is 5.41 Å². The van der Waals surface area contributed by atoms with E-state index < -0.39 is 0 Å². The molecule has 2 heterocycles. The lowest BCUT2D eigenvalue weighted by Crippen LogP contribution is -2.40. The van der Waals surface area contributed by atoms with Crippen LogP contribution in [0.25, 0.3) is 0 Å². The van der Waals surface area contributed by atoms with E-state index >= 15 is 0 Å². The van der Waals surface area contributed by atoms with Crippen LogP contribution in [-0.4, -0.2) is 36.0 Å². The first-order valence-corrected chi connectivity index (χ1v) is 8.31. The zero-order valence-corrected chi connectivity index (χ0v) is 16.6. The number of nitrogens with zero attached hydrogens (tertiary/aromatic N) is 3. The Morgan fingerprint density at radius 3 is 2.81 bits per heavy atom. The molecule has 6 heteroatoms. The standard InChI is InChI=1S/C15H26N4S.HI/c1-5-12-9-17-13(20-12)10-18-14(16-4)19-8-7-15(3,6-2)11-19;/h9H,5-8,10-11H2,1-4H3,(H,16,18);1H. The number of aliphatic imine (C=N–C) groups is 1. The van der Waals surface area contributed by atoms with Crippen LogP contribution in [0.15, 0.2) is 11.2 Å². The van der Waals surface area contributed by atoms with Crippen LogP contribution in [0.4, 0.5) is 0 Å². The highest BCUT2D eigenvalue weighted by Crippen LogP contribution is 2.32. The Balaban J connectivity index is 0.00000220. The third kappa shape index (κ3) is 4.81. The summed E-state index contributed by atoms with van der Waals surface area (Å²) in [4.78, 5) is 12.6. The predicted molar refractivity (Wildman–Crippen MR) is 102 cm³/mol. The van der Waals surface area contributed by atoms with Crippen LogP contribution in [-0.2, 0) is 13.0 Å². The van der Waals surface area contributed by atoms with Crippen molar-refractivity contribution in [2.75, 3.05) is 20.1 Å². The first-order valence-electron chi connectivity index (χ1n) is 7.49. The Bertz CT molecular complexity index is 474. The van der Waals surface area contributed by atoms with E-state index in [-0.39, 0.29) is 24.0 Å². The molecule has 1 unspecified atom stereocenters. The summed E-state index contributed by atoms with van der Waals surface area (Å²) in [6.07, 6.45) is 5.52. The van der Waals surface area contributed by atoms with Crippen LogP contribution in [0.5, 0.6) is 0 Å². The van der Waals surface area contributed by atoms with Crippen molar-refractivity contribution in [3.8, 4) is 0 Å². The molecule has 0 aromatic carbocycles. The molecule has 0 spiro atoms. The van der Waals surface area contributed by atoms with Crippen LogP contribution in [0.2, 0.25) is 0 Å². The number of hydrogen-bond acceptors (Lipinski definition) is 3. The van der Waals surface area contributed by atoms with Crippen molar-refractivity contribution in [2.24, 2.45) is 10.4 Å². The number of guanidine groups is 1. The number of nitrogens with one attached hydrogen (secondary N) is 1. The van der Waals surface area contributed by atoms with E-state index in [1.807, 2.05) is 13.2 Å². The molecule has 1 atom stereocenters. The van der Waals surface area contributed by atoms with Gasteiger partial charge in [-0.25, -0.2) is 4.98 Å². The van der Waals surface area contributed by atoms with Gasteiger partial charge in [-0.15, -0.1) is 35.3 Å². The van der Waals surface area contributed by atoms with E-state index in [2.05, 4.69) is 41.0 Å². The molecular formula is C15H27IN4S. The lowest BCUT2D eigenvalue weighted by Gasteiger charge is -2.25. The molecule has 0 saturated carbocycles. The first-order chi connectivity index (χ1) is 9.60. The van der Waals surface area contributed by atoms with Crippen molar-refractivity contribution in [1.82, 2.24) is 15.2 Å². The summed E-state index contributed by atoms with van der Waals surface area (Å²) in [5.41, 5.74) is 0.439. The second-order valence-electron chi connectivity index (χ2n) is 5.81. The monoisotopic (exact) mass is 422 g/mol. The minimum atomic E-state index is 0. The third-order valence-electron chi connectivity index (χ3n) is 4.27. The van der Waals surface area contributed by atoms with Crippen molar-refractivity contribution in [3.05, 3.63) is 16.1 Å². The minimum absolute atomic E-state index is 0. The highest BCUT2D eigenvalue weighted by Gasteiger charge is 2.33. The Labute approximate surface area is 149 Å². The van der Waals surface area contributed by atoms with Crippen molar-refractivity contribution in [3.63, 3.8) is 0 Å². The molecule has 120 valence electrons.